The lowest BCUT2D eigenvalue weighted by atomic mass is 9.98. The van der Waals surface area contributed by atoms with Gasteiger partial charge in [-0.3, -0.25) is 4.99 Å². The molecule has 0 saturated carbocycles. The maximum atomic E-state index is 5.45. The zero-order chi connectivity index (χ0) is 13.9. The van der Waals surface area contributed by atoms with Crippen molar-refractivity contribution in [1.82, 2.24) is 5.32 Å². The van der Waals surface area contributed by atoms with Gasteiger partial charge in [0, 0.05) is 17.7 Å². The number of aliphatic imine (C=N–C) groups is 1. The van der Waals surface area contributed by atoms with Crippen LogP contribution in [-0.4, -0.2) is 26.0 Å². The fraction of sp³-hybridized carbons (Fsp3) is 0.235. The first kappa shape index (κ1) is 12.7. The molecule has 0 spiro atoms. The largest absolute Gasteiger partial charge is 0.496 e. The highest BCUT2D eigenvalue weighted by atomic mass is 16.5. The Bertz CT molecular complexity index is 662. The minimum absolute atomic E-state index is 0.855. The Morgan fingerprint density at radius 3 is 2.70 bits per heavy atom. The number of aryl methyl sites for hydroxylation is 1. The molecule has 1 aliphatic heterocycles. The van der Waals surface area contributed by atoms with Crippen molar-refractivity contribution in [2.75, 3.05) is 20.2 Å². The van der Waals surface area contributed by atoms with Gasteiger partial charge >= 0.3 is 0 Å². The van der Waals surface area contributed by atoms with Crippen molar-refractivity contribution in [2.24, 2.45) is 4.99 Å². The van der Waals surface area contributed by atoms with Crippen molar-refractivity contribution in [2.45, 2.75) is 6.92 Å². The second-order valence-electron chi connectivity index (χ2n) is 4.89. The molecule has 0 aromatic heterocycles. The first-order valence-corrected chi connectivity index (χ1v) is 6.82. The van der Waals surface area contributed by atoms with Crippen molar-refractivity contribution in [3.8, 4) is 16.9 Å². The molecule has 3 heteroatoms. The molecule has 0 atom stereocenters. The Morgan fingerprint density at radius 2 is 1.95 bits per heavy atom. The van der Waals surface area contributed by atoms with Crippen LogP contribution in [0.4, 0.5) is 0 Å². The highest BCUT2D eigenvalue weighted by Crippen LogP contribution is 2.31. The second-order valence-corrected chi connectivity index (χ2v) is 4.89. The molecule has 3 rings (SSSR count). The average molecular weight is 266 g/mol. The van der Waals surface area contributed by atoms with E-state index in [4.69, 9.17) is 4.74 Å². The summed E-state index contributed by atoms with van der Waals surface area (Å²) in [7, 11) is 1.70. The van der Waals surface area contributed by atoms with Crippen molar-refractivity contribution in [3.63, 3.8) is 0 Å². The molecule has 1 heterocycles. The summed E-state index contributed by atoms with van der Waals surface area (Å²) in [5.74, 6) is 1.89. The van der Waals surface area contributed by atoms with E-state index in [0.717, 1.165) is 35.8 Å². The molecule has 0 aliphatic carbocycles. The third kappa shape index (κ3) is 2.27. The SMILES string of the molecule is COc1ccccc1-c1ccc(C)c(C2=NCCN2)c1. The van der Waals surface area contributed by atoms with Crippen molar-refractivity contribution in [1.29, 1.82) is 0 Å². The van der Waals surface area contributed by atoms with Gasteiger partial charge in [-0.1, -0.05) is 30.3 Å². The van der Waals surface area contributed by atoms with Crippen LogP contribution in [-0.2, 0) is 0 Å². The number of ether oxygens (including phenoxy) is 1. The topological polar surface area (TPSA) is 33.6 Å². The fourth-order valence-electron chi connectivity index (χ4n) is 2.51. The quantitative estimate of drug-likeness (QED) is 0.926. The molecule has 1 aliphatic rings. The third-order valence-electron chi connectivity index (χ3n) is 3.58. The highest BCUT2D eigenvalue weighted by molar-refractivity contribution is 6.02. The first-order chi connectivity index (χ1) is 9.79. The molecule has 102 valence electrons. The van der Waals surface area contributed by atoms with Crippen molar-refractivity contribution in [3.05, 3.63) is 53.6 Å². The number of methoxy groups -OCH3 is 1. The molecule has 20 heavy (non-hydrogen) atoms. The van der Waals surface area contributed by atoms with E-state index in [9.17, 15) is 0 Å². The predicted molar refractivity (Wildman–Crippen MR) is 82.6 cm³/mol. The van der Waals surface area contributed by atoms with Crippen molar-refractivity contribution < 1.29 is 4.74 Å². The van der Waals surface area contributed by atoms with Gasteiger partial charge in [0.05, 0.1) is 13.7 Å². The number of para-hydroxylation sites is 1. The van der Waals surface area contributed by atoms with Gasteiger partial charge in [0.2, 0.25) is 0 Å². The van der Waals surface area contributed by atoms with Gasteiger partial charge in [-0.05, 0) is 30.2 Å². The lowest BCUT2D eigenvalue weighted by molar-refractivity contribution is 0.416. The van der Waals surface area contributed by atoms with Crippen LogP contribution in [0.15, 0.2) is 47.5 Å². The molecule has 0 saturated heterocycles. The lowest BCUT2D eigenvalue weighted by Gasteiger charge is -2.12. The summed E-state index contributed by atoms with van der Waals surface area (Å²) in [6, 6.07) is 14.5. The Labute approximate surface area is 119 Å². The van der Waals surface area contributed by atoms with E-state index in [1.807, 2.05) is 18.2 Å². The summed E-state index contributed by atoms with van der Waals surface area (Å²) >= 11 is 0. The number of hydrogen-bond acceptors (Lipinski definition) is 3. The van der Waals surface area contributed by atoms with Gasteiger partial charge in [-0.15, -0.1) is 0 Å². The first-order valence-electron chi connectivity index (χ1n) is 6.82. The summed E-state index contributed by atoms with van der Waals surface area (Å²) in [5, 5.41) is 3.34. The molecule has 1 N–H and O–H groups in total. The predicted octanol–water partition coefficient (Wildman–Crippen LogP) is 3.02. The number of amidine groups is 1. The molecular formula is C17H18N2O. The minimum Gasteiger partial charge on any atom is -0.496 e. The molecule has 0 unspecified atom stereocenters. The number of rotatable bonds is 3. The molecule has 2 aromatic carbocycles. The molecule has 3 nitrogen and oxygen atoms in total. The smallest absolute Gasteiger partial charge is 0.128 e. The number of hydrogen-bond donors (Lipinski definition) is 1. The normalized spacial score (nSPS) is 13.8. The van der Waals surface area contributed by atoms with E-state index >= 15 is 0 Å². The van der Waals surface area contributed by atoms with Gasteiger partial charge in [0.25, 0.3) is 0 Å². The van der Waals surface area contributed by atoms with Gasteiger partial charge in [0.1, 0.15) is 11.6 Å². The monoisotopic (exact) mass is 266 g/mol. The molecule has 2 aromatic rings. The zero-order valence-electron chi connectivity index (χ0n) is 11.8. The molecule has 0 amide bonds. The standard InChI is InChI=1S/C17H18N2O/c1-12-7-8-13(11-15(12)17-18-9-10-19-17)14-5-3-4-6-16(14)20-2/h3-8,11H,9-10H2,1-2H3,(H,18,19). The maximum Gasteiger partial charge on any atom is 0.128 e. The number of nitrogens with one attached hydrogen (secondary N) is 1. The second kappa shape index (κ2) is 5.37. The minimum atomic E-state index is 0.855. The summed E-state index contributed by atoms with van der Waals surface area (Å²) < 4.78 is 5.45. The highest BCUT2D eigenvalue weighted by Gasteiger charge is 2.13. The number of nitrogens with zero attached hydrogens (tertiary/aromatic N) is 1. The maximum absolute atomic E-state index is 5.45. The van der Waals surface area contributed by atoms with Crippen LogP contribution in [0.3, 0.4) is 0 Å². The molecule has 0 fully saturated rings. The van der Waals surface area contributed by atoms with Gasteiger partial charge in [-0.2, -0.15) is 0 Å². The Kier molecular flexibility index (Phi) is 3.42. The van der Waals surface area contributed by atoms with Crippen LogP contribution in [0, 0.1) is 6.92 Å². The van der Waals surface area contributed by atoms with Crippen LogP contribution in [0.25, 0.3) is 11.1 Å². The third-order valence-corrected chi connectivity index (χ3v) is 3.58. The zero-order valence-corrected chi connectivity index (χ0v) is 11.8. The molecule has 0 radical (unpaired) electrons. The van der Waals surface area contributed by atoms with Gasteiger partial charge < -0.3 is 10.1 Å². The van der Waals surface area contributed by atoms with Crippen LogP contribution in [0.5, 0.6) is 5.75 Å². The molecular weight excluding hydrogens is 248 g/mol. The van der Waals surface area contributed by atoms with E-state index in [-0.39, 0.29) is 0 Å². The van der Waals surface area contributed by atoms with E-state index < -0.39 is 0 Å². The summed E-state index contributed by atoms with van der Waals surface area (Å²) in [6.45, 7) is 3.89. The van der Waals surface area contributed by atoms with E-state index in [1.54, 1.807) is 7.11 Å². The average Bonchev–Trinajstić information content (AvgIpc) is 3.02. The van der Waals surface area contributed by atoms with Crippen LogP contribution < -0.4 is 10.1 Å². The summed E-state index contributed by atoms with van der Waals surface area (Å²) in [6.07, 6.45) is 0. The van der Waals surface area contributed by atoms with E-state index in [2.05, 4.69) is 41.5 Å². The number of benzene rings is 2. The Morgan fingerprint density at radius 1 is 1.10 bits per heavy atom. The van der Waals surface area contributed by atoms with E-state index in [1.165, 1.54) is 11.1 Å². The Balaban J connectivity index is 2.09. The van der Waals surface area contributed by atoms with Crippen LogP contribution in [0.1, 0.15) is 11.1 Å². The van der Waals surface area contributed by atoms with E-state index in [0.29, 0.717) is 0 Å². The van der Waals surface area contributed by atoms with Gasteiger partial charge in [0.15, 0.2) is 0 Å². The van der Waals surface area contributed by atoms with Gasteiger partial charge in [-0.25, -0.2) is 0 Å². The molecule has 0 bridgehead atoms. The fourth-order valence-corrected chi connectivity index (χ4v) is 2.51. The lowest BCUT2D eigenvalue weighted by Crippen LogP contribution is -2.20. The van der Waals surface area contributed by atoms with Crippen molar-refractivity contribution >= 4 is 5.84 Å². The Hall–Kier alpha value is -2.29. The van der Waals surface area contributed by atoms with Crippen LogP contribution in [0.2, 0.25) is 0 Å². The summed E-state index contributed by atoms with van der Waals surface area (Å²) in [5.41, 5.74) is 4.66. The van der Waals surface area contributed by atoms with Crippen LogP contribution >= 0.6 is 0 Å². The summed E-state index contributed by atoms with van der Waals surface area (Å²) in [4.78, 5) is 4.52.